The van der Waals surface area contributed by atoms with E-state index in [1.165, 1.54) is 12.1 Å². The van der Waals surface area contributed by atoms with Crippen molar-refractivity contribution in [3.63, 3.8) is 0 Å². The van der Waals surface area contributed by atoms with Crippen LogP contribution in [0.15, 0.2) is 54.6 Å². The molecule has 0 radical (unpaired) electrons. The number of carbonyl (C=O) groups is 1. The minimum absolute atomic E-state index is 0.129. The number of halogens is 1. The molecule has 0 aromatic heterocycles. The lowest BCUT2D eigenvalue weighted by atomic mass is 10.0. The summed E-state index contributed by atoms with van der Waals surface area (Å²) in [4.78, 5) is 11.7. The molecule has 104 valence electrons. The molecule has 0 aliphatic carbocycles. The average Bonchev–Trinajstić information content (AvgIpc) is 2.48. The third kappa shape index (κ3) is 3.90. The average molecular weight is 273 g/mol. The first-order valence-electron chi connectivity index (χ1n) is 6.44. The lowest BCUT2D eigenvalue weighted by Crippen LogP contribution is -2.13. The molecular weight excluding hydrogens is 257 g/mol. The number of nitrogens with one attached hydrogen (secondary N) is 1. The van der Waals surface area contributed by atoms with Gasteiger partial charge in [-0.3, -0.25) is 4.79 Å². The number of amides is 1. The summed E-state index contributed by atoms with van der Waals surface area (Å²) in [5.74, 6) is -0.783. The van der Waals surface area contributed by atoms with Crippen LogP contribution in [0.4, 0.5) is 10.1 Å². The summed E-state index contributed by atoms with van der Waals surface area (Å²) in [6, 6.07) is 15.1. The molecule has 0 saturated carbocycles. The van der Waals surface area contributed by atoms with Gasteiger partial charge in [-0.25, -0.2) is 4.39 Å². The minimum atomic E-state index is -0.692. The van der Waals surface area contributed by atoms with Crippen LogP contribution >= 0.6 is 0 Å². The van der Waals surface area contributed by atoms with Gasteiger partial charge < -0.3 is 10.4 Å². The van der Waals surface area contributed by atoms with Gasteiger partial charge in [-0.05, 0) is 24.1 Å². The van der Waals surface area contributed by atoms with Crippen molar-refractivity contribution in [3.8, 4) is 0 Å². The Kier molecular flexibility index (Phi) is 4.85. The fraction of sp³-hybridized carbons (Fsp3) is 0.188. The van der Waals surface area contributed by atoms with E-state index in [4.69, 9.17) is 0 Å². The molecule has 2 N–H and O–H groups in total. The predicted molar refractivity (Wildman–Crippen MR) is 75.7 cm³/mol. The number of hydrogen-bond donors (Lipinski definition) is 2. The molecule has 20 heavy (non-hydrogen) atoms. The minimum Gasteiger partial charge on any atom is -0.388 e. The van der Waals surface area contributed by atoms with E-state index in [2.05, 4.69) is 5.32 Å². The standard InChI is InChI=1S/C16H16FNO2/c17-13-8-4-5-9-14(13)18-16(20)11-10-15(19)12-6-2-1-3-7-12/h1-9,15,19H,10-11H2,(H,18,20). The fourth-order valence-corrected chi connectivity index (χ4v) is 1.88. The fourth-order valence-electron chi connectivity index (χ4n) is 1.88. The van der Waals surface area contributed by atoms with Crippen LogP contribution in [-0.4, -0.2) is 11.0 Å². The SMILES string of the molecule is O=C(CCC(O)c1ccccc1)Nc1ccccc1F. The van der Waals surface area contributed by atoms with Gasteiger partial charge in [-0.15, -0.1) is 0 Å². The highest BCUT2D eigenvalue weighted by molar-refractivity contribution is 5.90. The van der Waals surface area contributed by atoms with Crippen LogP contribution in [0.5, 0.6) is 0 Å². The molecule has 0 heterocycles. The molecule has 1 atom stereocenters. The van der Waals surface area contributed by atoms with E-state index in [-0.39, 0.29) is 18.0 Å². The second-order valence-corrected chi connectivity index (χ2v) is 4.49. The quantitative estimate of drug-likeness (QED) is 0.878. The van der Waals surface area contributed by atoms with Crippen LogP contribution in [0.25, 0.3) is 0 Å². The van der Waals surface area contributed by atoms with Crippen molar-refractivity contribution in [2.45, 2.75) is 18.9 Å². The number of carbonyl (C=O) groups excluding carboxylic acids is 1. The Labute approximate surface area is 117 Å². The highest BCUT2D eigenvalue weighted by Gasteiger charge is 2.11. The topological polar surface area (TPSA) is 49.3 Å². The maximum absolute atomic E-state index is 13.3. The Bertz CT molecular complexity index is 572. The first kappa shape index (κ1) is 14.2. The van der Waals surface area contributed by atoms with E-state index in [0.717, 1.165) is 5.56 Å². The van der Waals surface area contributed by atoms with Crippen LogP contribution in [0, 0.1) is 5.82 Å². The zero-order valence-electron chi connectivity index (χ0n) is 10.9. The molecule has 2 rings (SSSR count). The normalized spacial score (nSPS) is 11.9. The molecular formula is C16H16FNO2. The van der Waals surface area contributed by atoms with Gasteiger partial charge >= 0.3 is 0 Å². The van der Waals surface area contributed by atoms with Crippen LogP contribution in [-0.2, 0) is 4.79 Å². The lowest BCUT2D eigenvalue weighted by Gasteiger charge is -2.11. The van der Waals surface area contributed by atoms with E-state index >= 15 is 0 Å². The Balaban J connectivity index is 1.85. The molecule has 2 aromatic carbocycles. The summed E-state index contributed by atoms with van der Waals surface area (Å²) in [5.41, 5.74) is 0.929. The first-order chi connectivity index (χ1) is 9.66. The second-order valence-electron chi connectivity index (χ2n) is 4.49. The lowest BCUT2D eigenvalue weighted by molar-refractivity contribution is -0.116. The van der Waals surface area contributed by atoms with E-state index in [9.17, 15) is 14.3 Å². The van der Waals surface area contributed by atoms with E-state index < -0.39 is 11.9 Å². The summed E-state index contributed by atoms with van der Waals surface area (Å²) < 4.78 is 13.3. The Morgan fingerprint density at radius 1 is 1.10 bits per heavy atom. The highest BCUT2D eigenvalue weighted by atomic mass is 19.1. The molecule has 4 heteroatoms. The zero-order valence-corrected chi connectivity index (χ0v) is 10.9. The predicted octanol–water partition coefficient (Wildman–Crippen LogP) is 3.28. The van der Waals surface area contributed by atoms with Gasteiger partial charge in [0.05, 0.1) is 11.8 Å². The summed E-state index contributed by atoms with van der Waals surface area (Å²) in [6.45, 7) is 0. The van der Waals surface area contributed by atoms with Gasteiger partial charge in [-0.2, -0.15) is 0 Å². The van der Waals surface area contributed by atoms with Crippen LogP contribution in [0.1, 0.15) is 24.5 Å². The molecule has 3 nitrogen and oxygen atoms in total. The molecule has 0 aliphatic rings. The van der Waals surface area contributed by atoms with Crippen LogP contribution in [0.2, 0.25) is 0 Å². The third-order valence-corrected chi connectivity index (χ3v) is 2.98. The maximum atomic E-state index is 13.3. The van der Waals surface area contributed by atoms with Crippen molar-refractivity contribution in [2.24, 2.45) is 0 Å². The Morgan fingerprint density at radius 2 is 1.75 bits per heavy atom. The van der Waals surface area contributed by atoms with Crippen molar-refractivity contribution < 1.29 is 14.3 Å². The molecule has 0 aliphatic heterocycles. The smallest absolute Gasteiger partial charge is 0.224 e. The Morgan fingerprint density at radius 3 is 2.45 bits per heavy atom. The van der Waals surface area contributed by atoms with Gasteiger partial charge in [0.2, 0.25) is 5.91 Å². The van der Waals surface area contributed by atoms with Crippen molar-refractivity contribution in [1.29, 1.82) is 0 Å². The van der Waals surface area contributed by atoms with Gasteiger partial charge in [0.25, 0.3) is 0 Å². The van der Waals surface area contributed by atoms with Crippen LogP contribution in [0.3, 0.4) is 0 Å². The van der Waals surface area contributed by atoms with E-state index in [0.29, 0.717) is 6.42 Å². The van der Waals surface area contributed by atoms with Gasteiger partial charge in [0.1, 0.15) is 5.82 Å². The molecule has 0 bridgehead atoms. The molecule has 0 fully saturated rings. The number of aliphatic hydroxyl groups excluding tert-OH is 1. The molecule has 1 unspecified atom stereocenters. The molecule has 0 spiro atoms. The molecule has 2 aromatic rings. The molecule has 1 amide bonds. The number of aliphatic hydroxyl groups is 1. The van der Waals surface area contributed by atoms with Crippen LogP contribution < -0.4 is 5.32 Å². The Hall–Kier alpha value is -2.20. The summed E-state index contributed by atoms with van der Waals surface area (Å²) in [5, 5.41) is 12.4. The summed E-state index contributed by atoms with van der Waals surface area (Å²) in [7, 11) is 0. The van der Waals surface area contributed by atoms with Crippen molar-refractivity contribution in [3.05, 3.63) is 66.0 Å². The van der Waals surface area contributed by atoms with Crippen molar-refractivity contribution in [1.82, 2.24) is 0 Å². The first-order valence-corrected chi connectivity index (χ1v) is 6.44. The van der Waals surface area contributed by atoms with Crippen molar-refractivity contribution >= 4 is 11.6 Å². The van der Waals surface area contributed by atoms with E-state index in [1.807, 2.05) is 18.2 Å². The summed E-state index contributed by atoms with van der Waals surface area (Å²) in [6.07, 6.45) is -0.267. The maximum Gasteiger partial charge on any atom is 0.224 e. The number of hydrogen-bond acceptors (Lipinski definition) is 2. The van der Waals surface area contributed by atoms with Gasteiger partial charge in [0, 0.05) is 6.42 Å². The monoisotopic (exact) mass is 273 g/mol. The summed E-state index contributed by atoms with van der Waals surface area (Å²) >= 11 is 0. The van der Waals surface area contributed by atoms with E-state index in [1.54, 1.807) is 24.3 Å². The van der Waals surface area contributed by atoms with Gasteiger partial charge in [0.15, 0.2) is 0 Å². The number of rotatable bonds is 5. The number of benzene rings is 2. The second kappa shape index (κ2) is 6.82. The molecule has 0 saturated heterocycles. The largest absolute Gasteiger partial charge is 0.388 e. The van der Waals surface area contributed by atoms with Gasteiger partial charge in [-0.1, -0.05) is 42.5 Å². The third-order valence-electron chi connectivity index (χ3n) is 2.98. The number of anilines is 1. The van der Waals surface area contributed by atoms with Crippen molar-refractivity contribution in [2.75, 3.05) is 5.32 Å². The number of para-hydroxylation sites is 1. The zero-order chi connectivity index (χ0) is 14.4. The highest BCUT2D eigenvalue weighted by Crippen LogP contribution is 2.19.